The molecule has 2 heterocycles. The van der Waals surface area contributed by atoms with Crippen molar-refractivity contribution in [1.82, 2.24) is 10.6 Å². The molecular formula is C20H29F3N4OS. The van der Waals surface area contributed by atoms with E-state index >= 15 is 0 Å². The summed E-state index contributed by atoms with van der Waals surface area (Å²) in [5, 5.41) is 6.93. The van der Waals surface area contributed by atoms with Gasteiger partial charge < -0.3 is 20.3 Å². The fourth-order valence-corrected chi connectivity index (χ4v) is 4.71. The van der Waals surface area contributed by atoms with E-state index in [0.29, 0.717) is 49.7 Å². The van der Waals surface area contributed by atoms with Crippen molar-refractivity contribution in [2.24, 2.45) is 4.99 Å². The summed E-state index contributed by atoms with van der Waals surface area (Å²) in [7, 11) is 0. The molecule has 2 fully saturated rings. The van der Waals surface area contributed by atoms with Crippen LogP contribution in [0.3, 0.4) is 0 Å². The Bertz CT molecular complexity index is 687. The Morgan fingerprint density at radius 2 is 2.07 bits per heavy atom. The summed E-state index contributed by atoms with van der Waals surface area (Å²) in [5.41, 5.74) is 0.144. The first-order chi connectivity index (χ1) is 14.0. The van der Waals surface area contributed by atoms with E-state index in [4.69, 9.17) is 4.74 Å². The van der Waals surface area contributed by atoms with Crippen molar-refractivity contribution in [2.45, 2.75) is 37.7 Å². The summed E-state index contributed by atoms with van der Waals surface area (Å²) in [6.45, 7) is 5.62. The third-order valence-electron chi connectivity index (χ3n) is 5.05. The first kappa shape index (κ1) is 22.1. The highest BCUT2D eigenvalue weighted by molar-refractivity contribution is 8.00. The number of halogens is 3. The highest BCUT2D eigenvalue weighted by atomic mass is 32.2. The molecule has 0 spiro atoms. The monoisotopic (exact) mass is 430 g/mol. The Morgan fingerprint density at radius 1 is 1.28 bits per heavy atom. The molecule has 0 aromatic heterocycles. The Morgan fingerprint density at radius 3 is 2.72 bits per heavy atom. The Labute approximate surface area is 174 Å². The van der Waals surface area contributed by atoms with Gasteiger partial charge in [0, 0.05) is 37.1 Å². The number of nitrogens with zero attached hydrogens (tertiary/aromatic N) is 2. The van der Waals surface area contributed by atoms with Gasteiger partial charge in [0.25, 0.3) is 0 Å². The maximum atomic E-state index is 13.7. The number of aliphatic imine (C=N–C) groups is 1. The van der Waals surface area contributed by atoms with E-state index in [1.807, 2.05) is 23.6 Å². The van der Waals surface area contributed by atoms with Crippen molar-refractivity contribution in [1.29, 1.82) is 0 Å². The maximum absolute atomic E-state index is 13.7. The molecule has 0 bridgehead atoms. The van der Waals surface area contributed by atoms with E-state index in [1.165, 1.54) is 18.2 Å². The van der Waals surface area contributed by atoms with Crippen LogP contribution in [0, 0.1) is 0 Å². The number of ether oxygens (including phenoxy) is 1. The zero-order valence-electron chi connectivity index (χ0n) is 16.7. The van der Waals surface area contributed by atoms with Crippen LogP contribution in [0.2, 0.25) is 0 Å². The van der Waals surface area contributed by atoms with Crippen LogP contribution in [-0.2, 0) is 17.5 Å². The summed E-state index contributed by atoms with van der Waals surface area (Å²) in [4.78, 5) is 6.34. The van der Waals surface area contributed by atoms with Crippen LogP contribution in [0.1, 0.15) is 30.9 Å². The first-order valence-corrected chi connectivity index (χ1v) is 11.2. The van der Waals surface area contributed by atoms with E-state index in [1.54, 1.807) is 12.1 Å². The van der Waals surface area contributed by atoms with Crippen molar-refractivity contribution >= 4 is 23.4 Å². The predicted octanol–water partition coefficient (Wildman–Crippen LogP) is 3.49. The minimum absolute atomic E-state index is 0.0224. The standard InChI is InChI=1S/C20H29F3N4OS/c1-2-24-19(26-14-17-4-3-11-29-17)25-13-15-5-6-16(12-18(15)20(21,22)23)27-7-9-28-10-8-27/h5-6,12,17H,2-4,7-11,13-14H2,1H3,(H2,24,25,26). The molecule has 0 saturated carbocycles. The van der Waals surface area contributed by atoms with Crippen LogP contribution >= 0.6 is 11.8 Å². The molecule has 1 aromatic carbocycles. The van der Waals surface area contributed by atoms with Gasteiger partial charge in [-0.3, -0.25) is 0 Å². The smallest absolute Gasteiger partial charge is 0.378 e. The van der Waals surface area contributed by atoms with Crippen molar-refractivity contribution < 1.29 is 17.9 Å². The van der Waals surface area contributed by atoms with E-state index < -0.39 is 11.7 Å². The Hall–Kier alpha value is -1.61. The number of nitrogens with one attached hydrogen (secondary N) is 2. The summed E-state index contributed by atoms with van der Waals surface area (Å²) in [6.07, 6.45) is -2.03. The van der Waals surface area contributed by atoms with Crippen molar-refractivity contribution in [3.63, 3.8) is 0 Å². The molecule has 162 valence electrons. The first-order valence-electron chi connectivity index (χ1n) is 10.1. The molecule has 2 N–H and O–H groups in total. The Kier molecular flexibility index (Phi) is 7.94. The zero-order valence-corrected chi connectivity index (χ0v) is 17.5. The normalized spacial score (nSPS) is 20.8. The molecule has 1 aromatic rings. The van der Waals surface area contributed by atoms with Gasteiger partial charge in [-0.15, -0.1) is 0 Å². The van der Waals surface area contributed by atoms with Gasteiger partial charge in [-0.25, -0.2) is 4.99 Å². The van der Waals surface area contributed by atoms with Gasteiger partial charge in [-0.2, -0.15) is 24.9 Å². The molecule has 0 amide bonds. The quantitative estimate of drug-likeness (QED) is 0.535. The molecule has 0 radical (unpaired) electrons. The van der Waals surface area contributed by atoms with Gasteiger partial charge >= 0.3 is 6.18 Å². The number of morpholine rings is 1. The number of hydrogen-bond acceptors (Lipinski definition) is 4. The number of alkyl halides is 3. The van der Waals surface area contributed by atoms with E-state index in [0.717, 1.165) is 13.0 Å². The van der Waals surface area contributed by atoms with Gasteiger partial charge in [0.2, 0.25) is 0 Å². The van der Waals surface area contributed by atoms with Gasteiger partial charge in [0.15, 0.2) is 5.96 Å². The summed E-state index contributed by atoms with van der Waals surface area (Å²) >= 11 is 1.93. The van der Waals surface area contributed by atoms with E-state index in [2.05, 4.69) is 15.6 Å². The van der Waals surface area contributed by atoms with Crippen LogP contribution in [0.4, 0.5) is 18.9 Å². The molecule has 2 saturated heterocycles. The molecule has 5 nitrogen and oxygen atoms in total. The summed E-state index contributed by atoms with van der Waals surface area (Å²) in [5.74, 6) is 1.73. The lowest BCUT2D eigenvalue weighted by molar-refractivity contribution is -0.138. The maximum Gasteiger partial charge on any atom is 0.416 e. The lowest BCUT2D eigenvalue weighted by atomic mass is 10.1. The summed E-state index contributed by atoms with van der Waals surface area (Å²) in [6, 6.07) is 4.54. The molecule has 29 heavy (non-hydrogen) atoms. The van der Waals surface area contributed by atoms with Crippen LogP contribution in [-0.4, -0.2) is 56.4 Å². The van der Waals surface area contributed by atoms with Crippen LogP contribution in [0.5, 0.6) is 0 Å². The SMILES string of the molecule is CCNC(=NCc1ccc(N2CCOCC2)cc1C(F)(F)F)NCC1CCCS1. The number of thioether (sulfide) groups is 1. The predicted molar refractivity (Wildman–Crippen MR) is 113 cm³/mol. The average Bonchev–Trinajstić information content (AvgIpc) is 3.23. The average molecular weight is 431 g/mol. The highest BCUT2D eigenvalue weighted by Crippen LogP contribution is 2.35. The van der Waals surface area contributed by atoms with Gasteiger partial charge in [0.05, 0.1) is 25.3 Å². The number of rotatable bonds is 6. The van der Waals surface area contributed by atoms with Crippen LogP contribution in [0.15, 0.2) is 23.2 Å². The molecular weight excluding hydrogens is 401 g/mol. The van der Waals surface area contributed by atoms with Gasteiger partial charge in [-0.05, 0) is 43.2 Å². The fourth-order valence-electron chi connectivity index (χ4n) is 3.51. The van der Waals surface area contributed by atoms with Crippen molar-refractivity contribution in [3.05, 3.63) is 29.3 Å². The number of guanidine groups is 1. The summed E-state index contributed by atoms with van der Waals surface area (Å²) < 4.78 is 46.4. The largest absolute Gasteiger partial charge is 0.416 e. The highest BCUT2D eigenvalue weighted by Gasteiger charge is 2.34. The lowest BCUT2D eigenvalue weighted by Gasteiger charge is -2.29. The third kappa shape index (κ3) is 6.44. The molecule has 2 aliphatic heterocycles. The molecule has 1 unspecified atom stereocenters. The van der Waals surface area contributed by atoms with Crippen LogP contribution in [0.25, 0.3) is 0 Å². The third-order valence-corrected chi connectivity index (χ3v) is 6.45. The second-order valence-electron chi connectivity index (χ2n) is 7.15. The number of benzene rings is 1. The minimum Gasteiger partial charge on any atom is -0.378 e. The Balaban J connectivity index is 1.73. The fraction of sp³-hybridized carbons (Fsp3) is 0.650. The molecule has 1 atom stereocenters. The number of anilines is 1. The second-order valence-corrected chi connectivity index (χ2v) is 8.56. The molecule has 0 aliphatic carbocycles. The topological polar surface area (TPSA) is 48.9 Å². The number of hydrogen-bond donors (Lipinski definition) is 2. The lowest BCUT2D eigenvalue weighted by Crippen LogP contribution is -2.40. The van der Waals surface area contributed by atoms with Crippen LogP contribution < -0.4 is 15.5 Å². The second kappa shape index (κ2) is 10.4. The molecule has 2 aliphatic rings. The van der Waals surface area contributed by atoms with Crippen molar-refractivity contribution in [3.8, 4) is 0 Å². The molecule has 3 rings (SSSR count). The van der Waals surface area contributed by atoms with Crippen molar-refractivity contribution in [2.75, 3.05) is 50.0 Å². The zero-order chi connectivity index (χ0) is 20.7. The molecule has 9 heteroatoms. The van der Waals surface area contributed by atoms with E-state index in [-0.39, 0.29) is 12.1 Å². The minimum atomic E-state index is -4.42. The van der Waals surface area contributed by atoms with E-state index in [9.17, 15) is 13.2 Å². The van der Waals surface area contributed by atoms with Gasteiger partial charge in [0.1, 0.15) is 0 Å². The van der Waals surface area contributed by atoms with Gasteiger partial charge in [-0.1, -0.05) is 6.07 Å².